The average molecular weight is 319 g/mol. The number of furan rings is 1. The van der Waals surface area contributed by atoms with Crippen LogP contribution in [0, 0.1) is 0 Å². The molecule has 2 aromatic heterocycles. The first-order valence-corrected chi connectivity index (χ1v) is 7.87. The molecule has 1 amide bonds. The van der Waals surface area contributed by atoms with Gasteiger partial charge in [-0.25, -0.2) is 0 Å². The van der Waals surface area contributed by atoms with Crippen molar-refractivity contribution in [2.45, 2.75) is 19.3 Å². The van der Waals surface area contributed by atoms with Crippen LogP contribution in [0.5, 0.6) is 0 Å². The number of rotatable bonds is 3. The van der Waals surface area contributed by atoms with Gasteiger partial charge in [0.1, 0.15) is 5.76 Å². The molecule has 0 saturated carbocycles. The highest BCUT2D eigenvalue weighted by Crippen LogP contribution is 2.42. The van der Waals surface area contributed by atoms with E-state index in [0.29, 0.717) is 12.2 Å². The summed E-state index contributed by atoms with van der Waals surface area (Å²) in [4.78, 5) is 12.1. The molecular weight excluding hydrogens is 302 g/mol. The first-order chi connectivity index (χ1) is 11.7. The second-order valence-corrected chi connectivity index (χ2v) is 5.94. The Hall–Kier alpha value is -3.08. The first-order valence-electron chi connectivity index (χ1n) is 7.87. The second-order valence-electron chi connectivity index (χ2n) is 5.94. The molecule has 24 heavy (non-hydrogen) atoms. The molecule has 3 heterocycles. The Bertz CT molecular complexity index is 892. The van der Waals surface area contributed by atoms with Gasteiger partial charge in [-0.2, -0.15) is 5.10 Å². The number of nitrogens with zero attached hydrogens (tertiary/aromatic N) is 1. The van der Waals surface area contributed by atoms with Gasteiger partial charge in [0.25, 0.3) is 0 Å². The minimum Gasteiger partial charge on any atom is -0.465 e. The number of benzene rings is 1. The van der Waals surface area contributed by atoms with E-state index < -0.39 is 0 Å². The molecule has 1 aliphatic heterocycles. The van der Waals surface area contributed by atoms with E-state index in [2.05, 4.69) is 15.5 Å². The lowest BCUT2D eigenvalue weighted by molar-refractivity contribution is -0.116. The van der Waals surface area contributed by atoms with Crippen LogP contribution in [0.15, 0.2) is 58.7 Å². The molecule has 0 radical (unpaired) electrons. The zero-order valence-corrected chi connectivity index (χ0v) is 13.2. The zero-order chi connectivity index (χ0) is 16.5. The molecule has 1 aliphatic rings. The molecule has 1 atom stereocenters. The van der Waals surface area contributed by atoms with Gasteiger partial charge in [-0.1, -0.05) is 35.9 Å². The molecule has 5 nitrogen and oxygen atoms in total. The van der Waals surface area contributed by atoms with E-state index in [9.17, 15) is 4.79 Å². The number of allylic oxidation sites excluding steroid dienone is 1. The Balaban J connectivity index is 1.81. The molecule has 0 saturated heterocycles. The van der Waals surface area contributed by atoms with Crippen LogP contribution in [0.4, 0.5) is 5.82 Å². The fourth-order valence-corrected chi connectivity index (χ4v) is 3.17. The third-order valence-corrected chi connectivity index (χ3v) is 4.32. The molecule has 0 aliphatic carbocycles. The number of carbonyl (C=O) groups excluding carboxylic acids is 1. The SMILES string of the molecule is C/C(=C\c1ccco1)C1CC(=O)Nc2n[nH]c(-c3ccccc3)c21. The highest BCUT2D eigenvalue weighted by Gasteiger charge is 2.31. The summed E-state index contributed by atoms with van der Waals surface area (Å²) in [7, 11) is 0. The molecule has 0 fully saturated rings. The lowest BCUT2D eigenvalue weighted by atomic mass is 9.84. The molecular formula is C19H17N3O2. The van der Waals surface area contributed by atoms with Gasteiger partial charge < -0.3 is 9.73 Å². The highest BCUT2D eigenvalue weighted by molar-refractivity contribution is 5.96. The summed E-state index contributed by atoms with van der Waals surface area (Å²) in [5.74, 6) is 1.34. The number of fused-ring (bicyclic) bond motifs is 1. The van der Waals surface area contributed by atoms with Crippen molar-refractivity contribution in [3.05, 3.63) is 65.6 Å². The Morgan fingerprint density at radius 3 is 2.83 bits per heavy atom. The number of carbonyl (C=O) groups is 1. The molecule has 1 unspecified atom stereocenters. The quantitative estimate of drug-likeness (QED) is 0.760. The maximum absolute atomic E-state index is 12.1. The van der Waals surface area contributed by atoms with Gasteiger partial charge in [0, 0.05) is 17.9 Å². The van der Waals surface area contributed by atoms with Crippen molar-refractivity contribution in [1.82, 2.24) is 10.2 Å². The van der Waals surface area contributed by atoms with Gasteiger partial charge in [-0.15, -0.1) is 0 Å². The molecule has 5 heteroatoms. The van der Waals surface area contributed by atoms with E-state index >= 15 is 0 Å². The highest BCUT2D eigenvalue weighted by atomic mass is 16.3. The van der Waals surface area contributed by atoms with Crippen LogP contribution in [-0.2, 0) is 4.79 Å². The van der Waals surface area contributed by atoms with Crippen LogP contribution in [0.2, 0.25) is 0 Å². The van der Waals surface area contributed by atoms with Gasteiger partial charge >= 0.3 is 0 Å². The number of amides is 1. The lowest BCUT2D eigenvalue weighted by Gasteiger charge is -2.23. The fourth-order valence-electron chi connectivity index (χ4n) is 3.17. The molecule has 2 N–H and O–H groups in total. The van der Waals surface area contributed by atoms with Crippen LogP contribution in [-0.4, -0.2) is 16.1 Å². The van der Waals surface area contributed by atoms with E-state index in [-0.39, 0.29) is 11.8 Å². The van der Waals surface area contributed by atoms with Crippen LogP contribution in [0.1, 0.15) is 30.6 Å². The molecule has 120 valence electrons. The van der Waals surface area contributed by atoms with Gasteiger partial charge in [0.05, 0.1) is 12.0 Å². The Morgan fingerprint density at radius 2 is 2.08 bits per heavy atom. The molecule has 1 aromatic carbocycles. The summed E-state index contributed by atoms with van der Waals surface area (Å²) in [6.45, 7) is 2.03. The summed E-state index contributed by atoms with van der Waals surface area (Å²) in [6, 6.07) is 13.8. The van der Waals surface area contributed by atoms with Gasteiger partial charge in [-0.05, 0) is 30.7 Å². The fraction of sp³-hybridized carbons (Fsp3) is 0.158. The van der Waals surface area contributed by atoms with Crippen LogP contribution in [0.3, 0.4) is 0 Å². The summed E-state index contributed by atoms with van der Waals surface area (Å²) in [6.07, 6.45) is 4.02. The van der Waals surface area contributed by atoms with Crippen molar-refractivity contribution < 1.29 is 9.21 Å². The maximum atomic E-state index is 12.1. The number of H-pyrrole nitrogens is 1. The Labute approximate surface area is 139 Å². The number of hydrogen-bond acceptors (Lipinski definition) is 3. The lowest BCUT2D eigenvalue weighted by Crippen LogP contribution is -2.23. The van der Waals surface area contributed by atoms with Crippen LogP contribution < -0.4 is 5.32 Å². The van der Waals surface area contributed by atoms with E-state index in [1.54, 1.807) is 6.26 Å². The Kier molecular flexibility index (Phi) is 3.54. The van der Waals surface area contributed by atoms with Crippen molar-refractivity contribution in [2.24, 2.45) is 0 Å². The number of nitrogens with one attached hydrogen (secondary N) is 2. The summed E-state index contributed by atoms with van der Waals surface area (Å²) in [5, 5.41) is 10.2. The van der Waals surface area contributed by atoms with Crippen LogP contribution >= 0.6 is 0 Å². The van der Waals surface area contributed by atoms with E-state index in [1.165, 1.54) is 0 Å². The average Bonchev–Trinajstić information content (AvgIpc) is 3.24. The molecule has 0 bridgehead atoms. The van der Waals surface area contributed by atoms with Gasteiger partial charge in [0.2, 0.25) is 5.91 Å². The number of aromatic nitrogens is 2. The monoisotopic (exact) mass is 319 g/mol. The maximum Gasteiger partial charge on any atom is 0.226 e. The van der Waals surface area contributed by atoms with E-state index in [4.69, 9.17) is 4.42 Å². The largest absolute Gasteiger partial charge is 0.465 e. The van der Waals surface area contributed by atoms with Crippen molar-refractivity contribution in [3.63, 3.8) is 0 Å². The zero-order valence-electron chi connectivity index (χ0n) is 13.2. The number of anilines is 1. The predicted molar refractivity (Wildman–Crippen MR) is 92.4 cm³/mol. The molecule has 4 rings (SSSR count). The smallest absolute Gasteiger partial charge is 0.226 e. The normalized spacial score (nSPS) is 17.5. The third-order valence-electron chi connectivity index (χ3n) is 4.32. The standard InChI is InChI=1S/C19H17N3O2/c1-12(10-14-8-5-9-24-14)15-11-16(23)20-19-17(15)18(21-22-19)13-6-3-2-4-7-13/h2-10,15H,11H2,1H3,(H2,20,21,22,23)/b12-10+. The number of hydrogen-bond donors (Lipinski definition) is 2. The summed E-state index contributed by atoms with van der Waals surface area (Å²) in [5.41, 5.74) is 4.10. The summed E-state index contributed by atoms with van der Waals surface area (Å²) >= 11 is 0. The predicted octanol–water partition coefficient (Wildman–Crippen LogP) is 4.20. The number of aromatic amines is 1. The van der Waals surface area contributed by atoms with Crippen molar-refractivity contribution in [1.29, 1.82) is 0 Å². The minimum absolute atomic E-state index is 0.0224. The van der Waals surface area contributed by atoms with Crippen molar-refractivity contribution >= 4 is 17.8 Å². The van der Waals surface area contributed by atoms with Crippen molar-refractivity contribution in [2.75, 3.05) is 5.32 Å². The second kappa shape index (κ2) is 5.85. The van der Waals surface area contributed by atoms with E-state index in [0.717, 1.165) is 28.2 Å². The topological polar surface area (TPSA) is 70.9 Å². The van der Waals surface area contributed by atoms with Gasteiger partial charge in [-0.3, -0.25) is 9.89 Å². The Morgan fingerprint density at radius 1 is 1.25 bits per heavy atom. The molecule has 3 aromatic rings. The summed E-state index contributed by atoms with van der Waals surface area (Å²) < 4.78 is 5.41. The van der Waals surface area contributed by atoms with Gasteiger partial charge in [0.15, 0.2) is 5.82 Å². The van der Waals surface area contributed by atoms with Crippen LogP contribution in [0.25, 0.3) is 17.3 Å². The minimum atomic E-state index is -0.0344. The van der Waals surface area contributed by atoms with Crippen molar-refractivity contribution in [3.8, 4) is 11.3 Å². The molecule has 0 spiro atoms. The first kappa shape index (κ1) is 14.5. The van der Waals surface area contributed by atoms with E-state index in [1.807, 2.05) is 55.5 Å². The third kappa shape index (κ3) is 2.54.